The van der Waals surface area contributed by atoms with E-state index in [4.69, 9.17) is 0 Å². The van der Waals surface area contributed by atoms with Crippen LogP contribution in [-0.2, 0) is 11.8 Å². The summed E-state index contributed by atoms with van der Waals surface area (Å²) in [5.41, 5.74) is 3.25. The number of nitrogens with one attached hydrogen (secondary N) is 1. The molecule has 1 unspecified atom stereocenters. The van der Waals surface area contributed by atoms with E-state index in [0.717, 1.165) is 27.1 Å². The molecule has 1 aliphatic rings. The Labute approximate surface area is 119 Å². The fourth-order valence-electron chi connectivity index (χ4n) is 2.69. The molecule has 3 rings (SSSR count). The molecule has 0 spiro atoms. The molecular weight excluding hydrogens is 306 g/mol. The van der Waals surface area contributed by atoms with Crippen molar-refractivity contribution in [2.24, 2.45) is 7.05 Å². The summed E-state index contributed by atoms with van der Waals surface area (Å²) < 4.78 is 2.78. The quantitative estimate of drug-likeness (QED) is 0.878. The van der Waals surface area contributed by atoms with Crippen LogP contribution in [0.5, 0.6) is 0 Å². The van der Waals surface area contributed by atoms with Gasteiger partial charge in [-0.15, -0.1) is 0 Å². The summed E-state index contributed by atoms with van der Waals surface area (Å²) in [5, 5.41) is 7.33. The van der Waals surface area contributed by atoms with Crippen molar-refractivity contribution >= 4 is 27.7 Å². The summed E-state index contributed by atoms with van der Waals surface area (Å²) in [4.78, 5) is 11.9. The molecule has 98 valence electrons. The number of fused-ring (bicyclic) bond motifs is 1. The van der Waals surface area contributed by atoms with Crippen molar-refractivity contribution in [3.05, 3.63) is 45.6 Å². The monoisotopic (exact) mass is 319 g/mol. The minimum absolute atomic E-state index is 0.0448. The molecule has 1 aromatic carbocycles. The first-order chi connectivity index (χ1) is 9.06. The summed E-state index contributed by atoms with van der Waals surface area (Å²) in [5.74, 6) is 0.954. The number of nitrogens with zero attached hydrogens (tertiary/aromatic N) is 2. The van der Waals surface area contributed by atoms with Gasteiger partial charge in [0.2, 0.25) is 5.91 Å². The fourth-order valence-corrected chi connectivity index (χ4v) is 2.95. The number of rotatable bonds is 1. The zero-order chi connectivity index (χ0) is 13.6. The third-order valence-electron chi connectivity index (χ3n) is 3.54. The standard InChI is InChI=1S/C14H14BrN3O/c1-8-13-11(9-3-5-10(15)6-4-9)7-12(19)16-14(13)18(2)17-8/h3-6,11H,7H2,1-2H3,(H,16,19). The van der Waals surface area contributed by atoms with Crippen LogP contribution in [0.2, 0.25) is 0 Å². The Morgan fingerprint density at radius 1 is 1.37 bits per heavy atom. The lowest BCUT2D eigenvalue weighted by molar-refractivity contribution is -0.116. The largest absolute Gasteiger partial charge is 0.311 e. The Morgan fingerprint density at radius 2 is 2.05 bits per heavy atom. The van der Waals surface area contributed by atoms with Crippen LogP contribution in [0.1, 0.15) is 29.2 Å². The second-order valence-electron chi connectivity index (χ2n) is 4.83. The molecule has 1 N–H and O–H groups in total. The highest BCUT2D eigenvalue weighted by molar-refractivity contribution is 9.10. The van der Waals surface area contributed by atoms with Crippen LogP contribution in [-0.4, -0.2) is 15.7 Å². The van der Waals surface area contributed by atoms with E-state index in [1.807, 2.05) is 26.1 Å². The summed E-state index contributed by atoms with van der Waals surface area (Å²) in [6, 6.07) is 8.13. The molecule has 4 nitrogen and oxygen atoms in total. The maximum absolute atomic E-state index is 11.9. The number of aryl methyl sites for hydroxylation is 2. The molecule has 0 saturated heterocycles. The smallest absolute Gasteiger partial charge is 0.226 e. The molecule has 0 aliphatic carbocycles. The number of hydrogen-bond acceptors (Lipinski definition) is 2. The highest BCUT2D eigenvalue weighted by Crippen LogP contribution is 2.38. The van der Waals surface area contributed by atoms with Gasteiger partial charge in [0.05, 0.1) is 5.69 Å². The van der Waals surface area contributed by atoms with Crippen LogP contribution in [0.25, 0.3) is 0 Å². The summed E-state index contributed by atoms with van der Waals surface area (Å²) in [6.45, 7) is 1.99. The van der Waals surface area contributed by atoms with Crippen molar-refractivity contribution in [2.45, 2.75) is 19.3 Å². The summed E-state index contributed by atoms with van der Waals surface area (Å²) in [6.07, 6.45) is 0.473. The van der Waals surface area contributed by atoms with Crippen LogP contribution in [0.3, 0.4) is 0 Å². The first kappa shape index (κ1) is 12.4. The first-order valence-electron chi connectivity index (χ1n) is 6.15. The zero-order valence-electron chi connectivity index (χ0n) is 10.8. The van der Waals surface area contributed by atoms with E-state index >= 15 is 0 Å². The molecule has 2 aromatic rings. The third kappa shape index (κ3) is 2.08. The fraction of sp³-hybridized carbons (Fsp3) is 0.286. The topological polar surface area (TPSA) is 46.9 Å². The van der Waals surface area contributed by atoms with Gasteiger partial charge in [0.15, 0.2) is 0 Å². The van der Waals surface area contributed by atoms with Crippen molar-refractivity contribution in [3.63, 3.8) is 0 Å². The molecule has 1 amide bonds. The van der Waals surface area contributed by atoms with E-state index < -0.39 is 0 Å². The lowest BCUT2D eigenvalue weighted by Crippen LogP contribution is -2.24. The highest BCUT2D eigenvalue weighted by Gasteiger charge is 2.31. The normalized spacial score (nSPS) is 18.1. The molecule has 0 saturated carbocycles. The van der Waals surface area contributed by atoms with Crippen LogP contribution >= 0.6 is 15.9 Å². The predicted octanol–water partition coefficient (Wildman–Crippen LogP) is 2.97. The molecule has 0 bridgehead atoms. The molecular formula is C14H14BrN3O. The number of amides is 1. The van der Waals surface area contributed by atoms with Gasteiger partial charge in [-0.3, -0.25) is 9.48 Å². The lowest BCUT2D eigenvalue weighted by atomic mass is 9.86. The molecule has 1 atom stereocenters. The van der Waals surface area contributed by atoms with E-state index in [9.17, 15) is 4.79 Å². The van der Waals surface area contributed by atoms with E-state index in [1.165, 1.54) is 0 Å². The molecule has 0 radical (unpaired) electrons. The number of halogens is 1. The van der Waals surface area contributed by atoms with Crippen molar-refractivity contribution < 1.29 is 4.79 Å². The molecule has 5 heteroatoms. The average Bonchev–Trinajstić information content (AvgIpc) is 2.65. The minimum atomic E-state index is 0.0448. The van der Waals surface area contributed by atoms with Gasteiger partial charge in [0, 0.05) is 29.4 Å². The van der Waals surface area contributed by atoms with Gasteiger partial charge in [-0.2, -0.15) is 5.10 Å². The Hall–Kier alpha value is -1.62. The second kappa shape index (κ2) is 4.49. The third-order valence-corrected chi connectivity index (χ3v) is 4.07. The Kier molecular flexibility index (Phi) is 2.93. The number of anilines is 1. The van der Waals surface area contributed by atoms with E-state index in [2.05, 4.69) is 38.5 Å². The molecule has 2 heterocycles. The van der Waals surface area contributed by atoms with Gasteiger partial charge in [-0.05, 0) is 24.6 Å². The lowest BCUT2D eigenvalue weighted by Gasteiger charge is -2.24. The maximum atomic E-state index is 11.9. The summed E-state index contributed by atoms with van der Waals surface area (Å²) in [7, 11) is 1.86. The van der Waals surface area contributed by atoms with Crippen molar-refractivity contribution in [1.29, 1.82) is 0 Å². The number of benzene rings is 1. The predicted molar refractivity (Wildman–Crippen MR) is 77.2 cm³/mol. The van der Waals surface area contributed by atoms with Crippen LogP contribution in [0, 0.1) is 6.92 Å². The van der Waals surface area contributed by atoms with Crippen LogP contribution < -0.4 is 5.32 Å². The Balaban J connectivity index is 2.13. The SMILES string of the molecule is Cc1nn(C)c2c1C(c1ccc(Br)cc1)CC(=O)N2. The Morgan fingerprint density at radius 3 is 2.74 bits per heavy atom. The number of carbonyl (C=O) groups is 1. The van der Waals surface area contributed by atoms with Gasteiger partial charge < -0.3 is 5.32 Å². The van der Waals surface area contributed by atoms with E-state index in [1.54, 1.807) is 4.68 Å². The van der Waals surface area contributed by atoms with Gasteiger partial charge in [0.25, 0.3) is 0 Å². The Bertz CT molecular complexity index is 645. The van der Waals surface area contributed by atoms with Crippen LogP contribution in [0.4, 0.5) is 5.82 Å². The van der Waals surface area contributed by atoms with Gasteiger partial charge in [-0.1, -0.05) is 28.1 Å². The van der Waals surface area contributed by atoms with E-state index in [0.29, 0.717) is 6.42 Å². The molecule has 1 aliphatic heterocycles. The summed E-state index contributed by atoms with van der Waals surface area (Å²) >= 11 is 3.44. The number of hydrogen-bond donors (Lipinski definition) is 1. The molecule has 1 aromatic heterocycles. The number of carbonyl (C=O) groups excluding carboxylic acids is 1. The second-order valence-corrected chi connectivity index (χ2v) is 5.74. The zero-order valence-corrected chi connectivity index (χ0v) is 12.4. The van der Waals surface area contributed by atoms with Crippen molar-refractivity contribution in [2.75, 3.05) is 5.32 Å². The van der Waals surface area contributed by atoms with Crippen molar-refractivity contribution in [1.82, 2.24) is 9.78 Å². The minimum Gasteiger partial charge on any atom is -0.311 e. The first-order valence-corrected chi connectivity index (χ1v) is 6.94. The van der Waals surface area contributed by atoms with Crippen LogP contribution in [0.15, 0.2) is 28.7 Å². The van der Waals surface area contributed by atoms with Gasteiger partial charge in [-0.25, -0.2) is 0 Å². The molecule has 0 fully saturated rings. The van der Waals surface area contributed by atoms with Crippen molar-refractivity contribution in [3.8, 4) is 0 Å². The number of aromatic nitrogens is 2. The van der Waals surface area contributed by atoms with E-state index in [-0.39, 0.29) is 11.8 Å². The van der Waals surface area contributed by atoms with Gasteiger partial charge >= 0.3 is 0 Å². The van der Waals surface area contributed by atoms with Gasteiger partial charge in [0.1, 0.15) is 5.82 Å². The maximum Gasteiger partial charge on any atom is 0.226 e. The average molecular weight is 320 g/mol. The highest BCUT2D eigenvalue weighted by atomic mass is 79.9. The molecule has 19 heavy (non-hydrogen) atoms.